The Morgan fingerprint density at radius 1 is 1.10 bits per heavy atom. The minimum Gasteiger partial charge on any atom is -0.355 e. The van der Waals surface area contributed by atoms with Gasteiger partial charge in [0.25, 0.3) is 0 Å². The number of anilines is 1. The fourth-order valence-corrected chi connectivity index (χ4v) is 2.91. The van der Waals surface area contributed by atoms with E-state index < -0.39 is 24.0 Å². The largest absolute Gasteiger partial charge is 0.433 e. The summed E-state index contributed by atoms with van der Waals surface area (Å²) >= 11 is 0. The highest BCUT2D eigenvalue weighted by Crippen LogP contribution is 2.37. The third-order valence-corrected chi connectivity index (χ3v) is 4.40. The molecule has 13 heteroatoms. The summed E-state index contributed by atoms with van der Waals surface area (Å²) in [5.41, 5.74) is -1.04. The Bertz CT molecular complexity index is 658. The van der Waals surface area contributed by atoms with Gasteiger partial charge >= 0.3 is 12.4 Å². The first-order valence-corrected chi connectivity index (χ1v) is 8.77. The Hall–Kier alpha value is -1.54. The highest BCUT2D eigenvalue weighted by Gasteiger charge is 2.41. The van der Waals surface area contributed by atoms with Crippen molar-refractivity contribution in [2.24, 2.45) is 10.9 Å². The van der Waals surface area contributed by atoms with E-state index in [0.717, 1.165) is 12.3 Å². The number of nitrogens with one attached hydrogen (secondary N) is 3. The van der Waals surface area contributed by atoms with Gasteiger partial charge in [-0.25, -0.2) is 9.97 Å². The predicted molar refractivity (Wildman–Crippen MR) is 107 cm³/mol. The van der Waals surface area contributed by atoms with Gasteiger partial charge in [0, 0.05) is 32.4 Å². The van der Waals surface area contributed by atoms with Crippen LogP contribution in [-0.4, -0.2) is 48.3 Å². The molecule has 1 aliphatic carbocycles. The minimum atomic E-state index is -4.55. The number of alkyl halides is 6. The van der Waals surface area contributed by atoms with E-state index in [1.807, 2.05) is 0 Å². The average molecular weight is 540 g/mol. The van der Waals surface area contributed by atoms with Crippen LogP contribution in [0.4, 0.5) is 32.3 Å². The van der Waals surface area contributed by atoms with E-state index in [1.54, 1.807) is 0 Å². The van der Waals surface area contributed by atoms with Crippen LogP contribution in [0, 0.1) is 5.92 Å². The van der Waals surface area contributed by atoms with E-state index in [4.69, 9.17) is 0 Å². The van der Waals surface area contributed by atoms with Crippen LogP contribution >= 0.6 is 24.0 Å². The second-order valence-electron chi connectivity index (χ2n) is 6.42. The SMILES string of the molecule is CN=C(NCCNc1nccc(C(F)(F)F)n1)NC1CCC(C(F)(F)F)CC1.I. The number of halogens is 7. The van der Waals surface area contributed by atoms with Gasteiger partial charge < -0.3 is 16.0 Å². The van der Waals surface area contributed by atoms with Crippen molar-refractivity contribution in [2.45, 2.75) is 44.1 Å². The van der Waals surface area contributed by atoms with Crippen molar-refractivity contribution in [3.8, 4) is 0 Å². The van der Waals surface area contributed by atoms with Crippen LogP contribution in [0.15, 0.2) is 17.3 Å². The van der Waals surface area contributed by atoms with Crippen LogP contribution in [0.5, 0.6) is 0 Å². The van der Waals surface area contributed by atoms with Crippen molar-refractivity contribution >= 4 is 35.9 Å². The zero-order valence-electron chi connectivity index (χ0n) is 15.6. The molecule has 6 nitrogen and oxygen atoms in total. The van der Waals surface area contributed by atoms with Gasteiger partial charge in [0.05, 0.1) is 5.92 Å². The average Bonchev–Trinajstić information content (AvgIpc) is 2.63. The van der Waals surface area contributed by atoms with E-state index in [-0.39, 0.29) is 55.4 Å². The van der Waals surface area contributed by atoms with Crippen LogP contribution in [0.2, 0.25) is 0 Å². The molecule has 1 aromatic heterocycles. The molecule has 0 aromatic carbocycles. The van der Waals surface area contributed by atoms with E-state index in [2.05, 4.69) is 30.9 Å². The van der Waals surface area contributed by atoms with Crippen LogP contribution in [0.25, 0.3) is 0 Å². The molecule has 2 rings (SSSR count). The molecule has 0 amide bonds. The molecule has 0 bridgehead atoms. The van der Waals surface area contributed by atoms with Gasteiger partial charge in [-0.05, 0) is 31.7 Å². The van der Waals surface area contributed by atoms with Crippen molar-refractivity contribution in [3.05, 3.63) is 18.0 Å². The van der Waals surface area contributed by atoms with Crippen LogP contribution in [0.1, 0.15) is 31.4 Å². The normalized spacial score (nSPS) is 20.6. The summed E-state index contributed by atoms with van der Waals surface area (Å²) in [6.45, 7) is 0.528. The molecule has 1 saturated carbocycles. The quantitative estimate of drug-likeness (QED) is 0.174. The minimum absolute atomic E-state index is 0. The number of rotatable bonds is 5. The smallest absolute Gasteiger partial charge is 0.355 e. The van der Waals surface area contributed by atoms with Gasteiger partial charge in [0.1, 0.15) is 5.69 Å². The van der Waals surface area contributed by atoms with Gasteiger partial charge in [-0.2, -0.15) is 26.3 Å². The number of guanidine groups is 1. The highest BCUT2D eigenvalue weighted by atomic mass is 127. The Labute approximate surface area is 181 Å². The Balaban J connectivity index is 0.00000420. The number of hydrogen-bond donors (Lipinski definition) is 3. The molecule has 0 spiro atoms. The maximum absolute atomic E-state index is 12.7. The first kappa shape index (κ1) is 25.5. The first-order chi connectivity index (χ1) is 13.1. The monoisotopic (exact) mass is 540 g/mol. The van der Waals surface area contributed by atoms with E-state index in [0.29, 0.717) is 25.3 Å². The van der Waals surface area contributed by atoms with Gasteiger partial charge in [-0.1, -0.05) is 0 Å². The zero-order valence-corrected chi connectivity index (χ0v) is 17.9. The fraction of sp³-hybridized carbons (Fsp3) is 0.688. The van der Waals surface area contributed by atoms with Gasteiger partial charge in [-0.15, -0.1) is 24.0 Å². The molecule has 1 fully saturated rings. The fourth-order valence-electron chi connectivity index (χ4n) is 2.91. The molecule has 0 saturated heterocycles. The van der Waals surface area contributed by atoms with Crippen molar-refractivity contribution in [1.29, 1.82) is 0 Å². The third-order valence-electron chi connectivity index (χ3n) is 4.40. The van der Waals surface area contributed by atoms with Crippen LogP contribution < -0.4 is 16.0 Å². The summed E-state index contributed by atoms with van der Waals surface area (Å²) in [7, 11) is 1.53. The number of hydrogen-bond acceptors (Lipinski definition) is 4. The van der Waals surface area contributed by atoms with E-state index in [9.17, 15) is 26.3 Å². The van der Waals surface area contributed by atoms with Crippen molar-refractivity contribution in [1.82, 2.24) is 20.6 Å². The molecule has 166 valence electrons. The van der Waals surface area contributed by atoms with Crippen LogP contribution in [-0.2, 0) is 6.18 Å². The third kappa shape index (κ3) is 8.38. The van der Waals surface area contributed by atoms with Gasteiger partial charge in [0.15, 0.2) is 5.96 Å². The molecule has 1 aromatic rings. The maximum Gasteiger partial charge on any atom is 0.433 e. The summed E-state index contributed by atoms with van der Waals surface area (Å²) in [5.74, 6) is -0.982. The molecule has 0 radical (unpaired) electrons. The molecule has 1 heterocycles. The van der Waals surface area contributed by atoms with Crippen molar-refractivity contribution in [3.63, 3.8) is 0 Å². The predicted octanol–water partition coefficient (Wildman–Crippen LogP) is 3.81. The molecule has 1 aliphatic rings. The lowest BCUT2D eigenvalue weighted by atomic mass is 9.85. The molecule has 0 unspecified atom stereocenters. The molecular weight excluding hydrogens is 517 g/mol. The second-order valence-corrected chi connectivity index (χ2v) is 6.42. The van der Waals surface area contributed by atoms with Crippen LogP contribution in [0.3, 0.4) is 0 Å². The molecule has 0 aliphatic heterocycles. The Morgan fingerprint density at radius 2 is 1.76 bits per heavy atom. The van der Waals surface area contributed by atoms with Gasteiger partial charge in [-0.3, -0.25) is 4.99 Å². The Kier molecular flexibility index (Phi) is 9.68. The number of aliphatic imine (C=N–C) groups is 1. The number of nitrogens with zero attached hydrogens (tertiary/aromatic N) is 3. The van der Waals surface area contributed by atoms with Crippen molar-refractivity contribution in [2.75, 3.05) is 25.5 Å². The lowest BCUT2D eigenvalue weighted by Crippen LogP contribution is -2.46. The lowest BCUT2D eigenvalue weighted by molar-refractivity contribution is -0.182. The van der Waals surface area contributed by atoms with E-state index >= 15 is 0 Å². The van der Waals surface area contributed by atoms with E-state index in [1.165, 1.54) is 7.05 Å². The summed E-state index contributed by atoms with van der Waals surface area (Å²) in [6, 6.07) is 0.674. The summed E-state index contributed by atoms with van der Waals surface area (Å²) in [6.07, 6.45) is -6.75. The maximum atomic E-state index is 12.7. The molecular formula is C16H23F6IN6. The standard InChI is InChI=1S/C16H22F6N6.HI/c1-23-13(27-11-4-2-10(3-5-11)15(17,18)19)25-8-9-26-14-24-7-6-12(28-14)16(20,21)22;/h6-7,10-11H,2-5,8-9H2,1H3,(H2,23,25,27)(H,24,26,28);1H. The summed E-state index contributed by atoms with van der Waals surface area (Å²) in [5, 5.41) is 8.69. The van der Waals surface area contributed by atoms with Gasteiger partial charge in [0.2, 0.25) is 5.95 Å². The topological polar surface area (TPSA) is 74.2 Å². The zero-order chi connectivity index (χ0) is 20.8. The highest BCUT2D eigenvalue weighted by molar-refractivity contribution is 14.0. The lowest BCUT2D eigenvalue weighted by Gasteiger charge is -2.31. The summed E-state index contributed by atoms with van der Waals surface area (Å²) in [4.78, 5) is 11.1. The molecule has 29 heavy (non-hydrogen) atoms. The summed E-state index contributed by atoms with van der Waals surface area (Å²) < 4.78 is 75.9. The Morgan fingerprint density at radius 3 is 2.31 bits per heavy atom. The van der Waals surface area contributed by atoms with Crippen molar-refractivity contribution < 1.29 is 26.3 Å². The second kappa shape index (κ2) is 11.0. The first-order valence-electron chi connectivity index (χ1n) is 8.77. The molecule has 0 atom stereocenters. The molecule has 3 N–H and O–H groups in total. The number of aromatic nitrogens is 2.